The molecule has 1 heterocycles. The van der Waals surface area contributed by atoms with Gasteiger partial charge in [0.05, 0.1) is 11.5 Å². The monoisotopic (exact) mass is 274 g/mol. The van der Waals surface area contributed by atoms with E-state index in [1.165, 1.54) is 19.2 Å². The molecule has 0 bridgehead atoms. The van der Waals surface area contributed by atoms with Gasteiger partial charge in [-0.15, -0.1) is 0 Å². The molecule has 9 heteroatoms. The average Bonchev–Trinajstić information content (AvgIpc) is 2.64. The second-order valence-corrected chi connectivity index (χ2v) is 4.58. The molecule has 1 unspecified atom stereocenters. The van der Waals surface area contributed by atoms with Gasteiger partial charge in [0, 0.05) is 10.9 Å². The van der Waals surface area contributed by atoms with Gasteiger partial charge in [0.15, 0.2) is 0 Å². The molecule has 0 saturated heterocycles. The number of nitrogens with zero attached hydrogens (tertiary/aromatic N) is 2. The maximum absolute atomic E-state index is 11.1. The topological polar surface area (TPSA) is 121 Å². The quantitative estimate of drug-likeness (QED) is 0.581. The van der Waals surface area contributed by atoms with Crippen molar-refractivity contribution >= 4 is 28.3 Å². The molecule has 0 radical (unpaired) electrons. The Hall–Kier alpha value is -2.00. The molecule has 0 aliphatic carbocycles. The van der Waals surface area contributed by atoms with Gasteiger partial charge in [0.2, 0.25) is 0 Å². The van der Waals surface area contributed by atoms with Crippen molar-refractivity contribution < 1.29 is 24.7 Å². The first kappa shape index (κ1) is 14.1. The number of likely N-dealkylation sites (N-methyl/N-ethyl adjacent to an activating group) is 1. The molecule has 1 rings (SSSR count). The number of thiophene rings is 1. The molecule has 1 atom stereocenters. The summed E-state index contributed by atoms with van der Waals surface area (Å²) in [6, 6.07) is 1.31. The van der Waals surface area contributed by atoms with Crippen LogP contribution in [0.2, 0.25) is 0 Å². The number of carboxylic acid groups (broad SMARTS) is 2. The highest BCUT2D eigenvalue weighted by Crippen LogP contribution is 2.31. The minimum atomic E-state index is -1.25. The van der Waals surface area contributed by atoms with Crippen LogP contribution >= 0.6 is 11.3 Å². The molecule has 2 N–H and O–H groups in total. The molecule has 0 aliphatic heterocycles. The zero-order valence-corrected chi connectivity index (χ0v) is 10.1. The lowest BCUT2D eigenvalue weighted by molar-refractivity contribution is -0.380. The van der Waals surface area contributed by atoms with Gasteiger partial charge in [0.25, 0.3) is 0 Å². The van der Waals surface area contributed by atoms with Crippen molar-refractivity contribution in [3.8, 4) is 0 Å². The molecule has 0 aromatic carbocycles. The van der Waals surface area contributed by atoms with Crippen LogP contribution in [0, 0.1) is 10.1 Å². The molecule has 0 spiro atoms. The largest absolute Gasteiger partial charge is 0.480 e. The van der Waals surface area contributed by atoms with E-state index in [9.17, 15) is 19.7 Å². The summed E-state index contributed by atoms with van der Waals surface area (Å²) in [6.45, 7) is -0.470. The summed E-state index contributed by atoms with van der Waals surface area (Å²) in [5.41, 5.74) is 0. The minimum absolute atomic E-state index is 0.181. The van der Waals surface area contributed by atoms with E-state index in [4.69, 9.17) is 10.2 Å². The number of nitro groups is 1. The van der Waals surface area contributed by atoms with Gasteiger partial charge in [0.1, 0.15) is 6.04 Å². The number of carbonyl (C=O) groups is 2. The van der Waals surface area contributed by atoms with Gasteiger partial charge in [-0.3, -0.25) is 24.6 Å². The molecule has 1 aromatic heterocycles. The summed E-state index contributed by atoms with van der Waals surface area (Å²) in [4.78, 5) is 32.9. The summed E-state index contributed by atoms with van der Waals surface area (Å²) in [7, 11) is 1.33. The van der Waals surface area contributed by atoms with E-state index in [-0.39, 0.29) is 9.88 Å². The lowest BCUT2D eigenvalue weighted by Gasteiger charge is -2.21. The predicted octanol–water partition coefficient (Wildman–Crippen LogP) is 0.798. The van der Waals surface area contributed by atoms with Crippen LogP contribution in [0.1, 0.15) is 10.9 Å². The predicted molar refractivity (Wildman–Crippen MR) is 61.6 cm³/mol. The highest BCUT2D eigenvalue weighted by atomic mass is 32.1. The molecule has 98 valence electrons. The van der Waals surface area contributed by atoms with Crippen molar-refractivity contribution in [3.63, 3.8) is 0 Å². The molecule has 0 saturated carbocycles. The molecular formula is C9H10N2O6S. The van der Waals surface area contributed by atoms with E-state index in [2.05, 4.69) is 0 Å². The number of rotatable bonds is 6. The molecule has 0 fully saturated rings. The third kappa shape index (κ3) is 3.25. The van der Waals surface area contributed by atoms with Crippen LogP contribution in [-0.2, 0) is 9.59 Å². The fraction of sp³-hybridized carbons (Fsp3) is 0.333. The first-order valence-electron chi connectivity index (χ1n) is 4.72. The van der Waals surface area contributed by atoms with E-state index in [0.717, 1.165) is 16.2 Å². The lowest BCUT2D eigenvalue weighted by Crippen LogP contribution is -2.34. The number of hydrogen-bond acceptors (Lipinski definition) is 6. The van der Waals surface area contributed by atoms with Crippen LogP contribution in [-0.4, -0.2) is 45.6 Å². The fourth-order valence-corrected chi connectivity index (χ4v) is 2.40. The first-order valence-corrected chi connectivity index (χ1v) is 5.53. The van der Waals surface area contributed by atoms with Crippen LogP contribution in [0.4, 0.5) is 5.00 Å². The Morgan fingerprint density at radius 3 is 2.50 bits per heavy atom. The highest BCUT2D eigenvalue weighted by molar-refractivity contribution is 7.15. The van der Waals surface area contributed by atoms with Gasteiger partial charge in [-0.25, -0.2) is 0 Å². The molecule has 0 aliphatic rings. The van der Waals surface area contributed by atoms with E-state index < -0.39 is 29.4 Å². The van der Waals surface area contributed by atoms with Gasteiger partial charge in [-0.05, 0) is 13.1 Å². The van der Waals surface area contributed by atoms with Gasteiger partial charge in [-0.1, -0.05) is 11.3 Å². The normalized spacial score (nSPS) is 12.3. The molecular weight excluding hydrogens is 264 g/mol. The Labute approximate surface area is 105 Å². The van der Waals surface area contributed by atoms with E-state index in [0.29, 0.717) is 0 Å². The fourth-order valence-electron chi connectivity index (χ4n) is 1.42. The lowest BCUT2D eigenvalue weighted by atomic mass is 10.2. The highest BCUT2D eigenvalue weighted by Gasteiger charge is 2.29. The van der Waals surface area contributed by atoms with Gasteiger partial charge >= 0.3 is 16.9 Å². The van der Waals surface area contributed by atoms with Crippen LogP contribution in [0.15, 0.2) is 12.1 Å². The van der Waals surface area contributed by atoms with Crippen LogP contribution in [0.25, 0.3) is 0 Å². The Kier molecular flexibility index (Phi) is 4.34. The minimum Gasteiger partial charge on any atom is -0.480 e. The van der Waals surface area contributed by atoms with Crippen molar-refractivity contribution in [1.29, 1.82) is 0 Å². The summed E-state index contributed by atoms with van der Waals surface area (Å²) in [6.07, 6.45) is 0. The number of carboxylic acids is 2. The van der Waals surface area contributed by atoms with Crippen LogP contribution in [0.3, 0.4) is 0 Å². The molecule has 1 aromatic rings. The zero-order chi connectivity index (χ0) is 13.9. The summed E-state index contributed by atoms with van der Waals surface area (Å²) >= 11 is 0.718. The Morgan fingerprint density at radius 2 is 2.11 bits per heavy atom. The third-order valence-corrected chi connectivity index (χ3v) is 3.21. The summed E-state index contributed by atoms with van der Waals surface area (Å²) < 4.78 is 0. The third-order valence-electron chi connectivity index (χ3n) is 2.12. The van der Waals surface area contributed by atoms with Crippen molar-refractivity contribution in [3.05, 3.63) is 27.1 Å². The van der Waals surface area contributed by atoms with E-state index in [1.54, 1.807) is 0 Å². The SMILES string of the molecule is CN(CC(=O)O)C(C(=O)O)c1ccc([N+](=O)[O-])s1. The van der Waals surface area contributed by atoms with Crippen molar-refractivity contribution in [1.82, 2.24) is 4.90 Å². The standard InChI is InChI=1S/C9H10N2O6S/c1-10(4-7(12)13)8(9(14)15)5-2-3-6(18-5)11(16)17/h2-3,8H,4H2,1H3,(H,12,13)(H,14,15). The second-order valence-electron chi connectivity index (χ2n) is 3.48. The summed E-state index contributed by atoms with van der Waals surface area (Å²) in [5.74, 6) is -2.43. The second kappa shape index (κ2) is 5.56. The smallest absolute Gasteiger partial charge is 0.326 e. The van der Waals surface area contributed by atoms with Crippen molar-refractivity contribution in [2.75, 3.05) is 13.6 Å². The summed E-state index contributed by atoms with van der Waals surface area (Å²) in [5, 5.41) is 28.0. The Balaban J connectivity index is 3.00. The van der Waals surface area contributed by atoms with Crippen LogP contribution in [0.5, 0.6) is 0 Å². The van der Waals surface area contributed by atoms with E-state index in [1.807, 2.05) is 0 Å². The Morgan fingerprint density at radius 1 is 1.50 bits per heavy atom. The number of aliphatic carboxylic acids is 2. The maximum atomic E-state index is 11.1. The Bertz CT molecular complexity index is 485. The van der Waals surface area contributed by atoms with Crippen molar-refractivity contribution in [2.24, 2.45) is 0 Å². The van der Waals surface area contributed by atoms with Crippen molar-refractivity contribution in [2.45, 2.75) is 6.04 Å². The van der Waals surface area contributed by atoms with Gasteiger partial charge in [-0.2, -0.15) is 0 Å². The van der Waals surface area contributed by atoms with E-state index >= 15 is 0 Å². The maximum Gasteiger partial charge on any atom is 0.326 e. The molecule has 8 nitrogen and oxygen atoms in total. The molecule has 0 amide bonds. The number of hydrogen-bond donors (Lipinski definition) is 2. The first-order chi connectivity index (χ1) is 8.32. The average molecular weight is 274 g/mol. The van der Waals surface area contributed by atoms with Gasteiger partial charge < -0.3 is 10.2 Å². The molecule has 18 heavy (non-hydrogen) atoms. The van der Waals surface area contributed by atoms with Crippen LogP contribution < -0.4 is 0 Å². The zero-order valence-electron chi connectivity index (χ0n) is 9.27.